The van der Waals surface area contributed by atoms with E-state index in [1.54, 1.807) is 11.1 Å². The Morgan fingerprint density at radius 2 is 1.69 bits per heavy atom. The minimum Gasteiger partial charge on any atom is -0.0985 e. The van der Waals surface area contributed by atoms with Crippen molar-refractivity contribution in [3.05, 3.63) is 41.0 Å². The molecule has 1 rings (SSSR count). The summed E-state index contributed by atoms with van der Waals surface area (Å²) in [6, 6.07) is 4.53. The Hall–Kier alpha value is -1.04. The van der Waals surface area contributed by atoms with Crippen molar-refractivity contribution in [2.24, 2.45) is 0 Å². The molecule has 0 aliphatic carbocycles. The van der Waals surface area contributed by atoms with Crippen LogP contribution in [0.15, 0.2) is 18.7 Å². The molecule has 1 aromatic rings. The molecule has 0 saturated carbocycles. The highest BCUT2D eigenvalue weighted by Gasteiger charge is 2.09. The van der Waals surface area contributed by atoms with Gasteiger partial charge in [-0.25, -0.2) is 0 Å². The van der Waals surface area contributed by atoms with Crippen molar-refractivity contribution in [2.45, 2.75) is 52.9 Å². The van der Waals surface area contributed by atoms with Gasteiger partial charge in [0.05, 0.1) is 0 Å². The van der Waals surface area contributed by atoms with E-state index >= 15 is 0 Å². The normalized spacial score (nSPS) is 10.4. The number of aryl methyl sites for hydroxylation is 1. The third-order valence-electron chi connectivity index (χ3n) is 3.16. The van der Waals surface area contributed by atoms with Crippen molar-refractivity contribution in [3.63, 3.8) is 0 Å². The summed E-state index contributed by atoms with van der Waals surface area (Å²) in [4.78, 5) is 0. The quantitative estimate of drug-likeness (QED) is 0.641. The lowest BCUT2D eigenvalue weighted by atomic mass is 9.89. The van der Waals surface area contributed by atoms with E-state index < -0.39 is 0 Å². The molecule has 0 fully saturated rings. The number of rotatable bonds is 6. The van der Waals surface area contributed by atoms with Crippen molar-refractivity contribution >= 4 is 6.08 Å². The first kappa shape index (κ1) is 13.0. The van der Waals surface area contributed by atoms with Crippen LogP contribution in [-0.4, -0.2) is 0 Å². The average molecular weight is 216 g/mol. The lowest BCUT2D eigenvalue weighted by Crippen LogP contribution is -2.02. The van der Waals surface area contributed by atoms with Gasteiger partial charge in [0.1, 0.15) is 0 Å². The van der Waals surface area contributed by atoms with Gasteiger partial charge in [-0.3, -0.25) is 0 Å². The summed E-state index contributed by atoms with van der Waals surface area (Å²) in [5.41, 5.74) is 5.98. The zero-order valence-electron chi connectivity index (χ0n) is 11.0. The Morgan fingerprint density at radius 3 is 2.19 bits per heavy atom. The Kier molecular flexibility index (Phi) is 5.31. The molecule has 0 aliphatic rings. The van der Waals surface area contributed by atoms with Gasteiger partial charge in [-0.05, 0) is 41.5 Å². The highest BCUT2D eigenvalue weighted by atomic mass is 14.1. The maximum Gasteiger partial charge on any atom is -0.0228 e. The van der Waals surface area contributed by atoms with Gasteiger partial charge in [-0.1, -0.05) is 58.4 Å². The molecule has 0 radical (unpaired) electrons. The summed E-state index contributed by atoms with van der Waals surface area (Å²) in [6.07, 6.45) is 7.99. The zero-order valence-corrected chi connectivity index (χ0v) is 11.0. The van der Waals surface area contributed by atoms with E-state index in [1.807, 2.05) is 6.08 Å². The summed E-state index contributed by atoms with van der Waals surface area (Å²) in [5, 5.41) is 0. The first-order valence-corrected chi connectivity index (χ1v) is 6.54. The Bertz CT molecular complexity index is 347. The molecule has 0 unspecified atom stereocenters. The smallest absolute Gasteiger partial charge is 0.0228 e. The topological polar surface area (TPSA) is 0 Å². The first-order valence-electron chi connectivity index (χ1n) is 6.54. The predicted molar refractivity (Wildman–Crippen MR) is 73.9 cm³/mol. The van der Waals surface area contributed by atoms with Crippen LogP contribution in [0.4, 0.5) is 0 Å². The molecular weight excluding hydrogens is 192 g/mol. The van der Waals surface area contributed by atoms with E-state index in [2.05, 4.69) is 39.5 Å². The number of hydrogen-bond acceptors (Lipinski definition) is 0. The molecule has 0 heteroatoms. The fraction of sp³-hybridized carbons (Fsp3) is 0.500. The molecule has 0 N–H and O–H groups in total. The molecule has 0 bridgehead atoms. The molecule has 1 aromatic carbocycles. The first-order chi connectivity index (χ1) is 7.78. The lowest BCUT2D eigenvalue weighted by Gasteiger charge is -2.16. The Balaban J connectivity index is 3.25. The van der Waals surface area contributed by atoms with Gasteiger partial charge in [0.2, 0.25) is 0 Å². The van der Waals surface area contributed by atoms with Gasteiger partial charge in [0.25, 0.3) is 0 Å². The molecule has 0 aliphatic heterocycles. The molecule has 0 atom stereocenters. The van der Waals surface area contributed by atoms with Crippen LogP contribution in [-0.2, 0) is 19.3 Å². The SMILES string of the molecule is C=Cc1ccc(CCC)c(CCC)c1CC. The maximum absolute atomic E-state index is 3.92. The third-order valence-corrected chi connectivity index (χ3v) is 3.16. The van der Waals surface area contributed by atoms with Crippen molar-refractivity contribution in [1.82, 2.24) is 0 Å². The maximum atomic E-state index is 3.92. The summed E-state index contributed by atoms with van der Waals surface area (Å²) < 4.78 is 0. The van der Waals surface area contributed by atoms with Gasteiger partial charge < -0.3 is 0 Å². The van der Waals surface area contributed by atoms with E-state index in [1.165, 1.54) is 36.8 Å². The van der Waals surface area contributed by atoms with Gasteiger partial charge in [-0.2, -0.15) is 0 Å². The van der Waals surface area contributed by atoms with Gasteiger partial charge in [0.15, 0.2) is 0 Å². The van der Waals surface area contributed by atoms with Crippen LogP contribution in [0.3, 0.4) is 0 Å². The molecule has 0 nitrogen and oxygen atoms in total. The van der Waals surface area contributed by atoms with E-state index in [0.717, 1.165) is 6.42 Å². The van der Waals surface area contributed by atoms with Crippen LogP contribution in [0.5, 0.6) is 0 Å². The van der Waals surface area contributed by atoms with Crippen molar-refractivity contribution < 1.29 is 0 Å². The lowest BCUT2D eigenvalue weighted by molar-refractivity contribution is 0.844. The van der Waals surface area contributed by atoms with E-state index in [0.29, 0.717) is 0 Å². The molecule has 0 aromatic heterocycles. The van der Waals surface area contributed by atoms with Crippen LogP contribution >= 0.6 is 0 Å². The Labute approximate surface area is 100 Å². The van der Waals surface area contributed by atoms with Crippen molar-refractivity contribution in [3.8, 4) is 0 Å². The summed E-state index contributed by atoms with van der Waals surface area (Å²) >= 11 is 0. The minimum absolute atomic E-state index is 1.12. The van der Waals surface area contributed by atoms with Gasteiger partial charge >= 0.3 is 0 Å². The number of benzene rings is 1. The predicted octanol–water partition coefficient (Wildman–Crippen LogP) is 4.80. The van der Waals surface area contributed by atoms with Crippen LogP contribution in [0.2, 0.25) is 0 Å². The summed E-state index contributed by atoms with van der Waals surface area (Å²) in [6.45, 7) is 10.7. The zero-order chi connectivity index (χ0) is 12.0. The largest absolute Gasteiger partial charge is 0.0985 e. The van der Waals surface area contributed by atoms with E-state index in [9.17, 15) is 0 Å². The highest BCUT2D eigenvalue weighted by molar-refractivity contribution is 5.56. The second-order valence-electron chi connectivity index (χ2n) is 4.33. The fourth-order valence-corrected chi connectivity index (χ4v) is 2.43. The molecule has 0 spiro atoms. The van der Waals surface area contributed by atoms with Crippen LogP contribution in [0.1, 0.15) is 55.9 Å². The molecule has 0 saturated heterocycles. The standard InChI is InChI=1S/C16H24/c1-5-9-14-12-11-13(7-3)15(8-4)16(14)10-6-2/h7,11-12H,3,5-6,8-10H2,1-2,4H3. The third kappa shape index (κ3) is 2.75. The van der Waals surface area contributed by atoms with Gasteiger partial charge in [-0.15, -0.1) is 0 Å². The van der Waals surface area contributed by atoms with Crippen molar-refractivity contribution in [2.75, 3.05) is 0 Å². The van der Waals surface area contributed by atoms with Gasteiger partial charge in [0, 0.05) is 0 Å². The van der Waals surface area contributed by atoms with Crippen LogP contribution < -0.4 is 0 Å². The molecular formula is C16H24. The second-order valence-corrected chi connectivity index (χ2v) is 4.33. The van der Waals surface area contributed by atoms with Crippen LogP contribution in [0.25, 0.3) is 6.08 Å². The van der Waals surface area contributed by atoms with E-state index in [4.69, 9.17) is 0 Å². The summed E-state index contributed by atoms with van der Waals surface area (Å²) in [5.74, 6) is 0. The minimum atomic E-state index is 1.12. The number of hydrogen-bond donors (Lipinski definition) is 0. The fourth-order valence-electron chi connectivity index (χ4n) is 2.43. The Morgan fingerprint density at radius 1 is 1.00 bits per heavy atom. The average Bonchev–Trinajstić information content (AvgIpc) is 2.31. The molecule has 0 heterocycles. The molecule has 0 amide bonds. The monoisotopic (exact) mass is 216 g/mol. The molecule has 88 valence electrons. The van der Waals surface area contributed by atoms with Crippen LogP contribution in [0, 0.1) is 0 Å². The van der Waals surface area contributed by atoms with E-state index in [-0.39, 0.29) is 0 Å². The second kappa shape index (κ2) is 6.52. The molecule has 16 heavy (non-hydrogen) atoms. The highest BCUT2D eigenvalue weighted by Crippen LogP contribution is 2.24. The summed E-state index contributed by atoms with van der Waals surface area (Å²) in [7, 11) is 0. The van der Waals surface area contributed by atoms with Crippen molar-refractivity contribution in [1.29, 1.82) is 0 Å².